The number of benzene rings is 1. The highest BCUT2D eigenvalue weighted by Crippen LogP contribution is 2.19. The lowest BCUT2D eigenvalue weighted by atomic mass is 10.2. The number of para-hydroxylation sites is 1. The Morgan fingerprint density at radius 1 is 1.39 bits per heavy atom. The minimum atomic E-state index is -0.228. The fraction of sp³-hybridized carbons (Fsp3) is 0.231. The van der Waals surface area contributed by atoms with Gasteiger partial charge >= 0.3 is 0 Å². The summed E-state index contributed by atoms with van der Waals surface area (Å²) in [6.07, 6.45) is 1.63. The molecule has 1 N–H and O–H groups in total. The van der Waals surface area contributed by atoms with Gasteiger partial charge in [-0.3, -0.25) is 9.48 Å². The SMILES string of the molecule is COc1nn(C)cc1C(=O)Nc1ccccc1C. The molecule has 94 valence electrons. The van der Waals surface area contributed by atoms with Crippen LogP contribution in [-0.4, -0.2) is 22.8 Å². The molecule has 0 aliphatic rings. The molecular weight excluding hydrogens is 230 g/mol. The van der Waals surface area contributed by atoms with Gasteiger partial charge in [0.05, 0.1) is 7.11 Å². The normalized spacial score (nSPS) is 10.2. The molecule has 0 atom stereocenters. The minimum Gasteiger partial charge on any atom is -0.479 e. The monoisotopic (exact) mass is 245 g/mol. The minimum absolute atomic E-state index is 0.228. The number of hydrogen-bond donors (Lipinski definition) is 1. The van der Waals surface area contributed by atoms with Crippen molar-refractivity contribution in [2.24, 2.45) is 7.05 Å². The van der Waals surface area contributed by atoms with Crippen LogP contribution in [0.1, 0.15) is 15.9 Å². The van der Waals surface area contributed by atoms with Crippen LogP contribution in [0.15, 0.2) is 30.5 Å². The van der Waals surface area contributed by atoms with Crippen molar-refractivity contribution in [3.05, 3.63) is 41.6 Å². The van der Waals surface area contributed by atoms with E-state index in [0.29, 0.717) is 11.4 Å². The maximum atomic E-state index is 12.1. The van der Waals surface area contributed by atoms with Gasteiger partial charge in [-0.2, -0.15) is 0 Å². The number of aromatic nitrogens is 2. The lowest BCUT2D eigenvalue weighted by Gasteiger charge is -2.07. The molecule has 0 saturated heterocycles. The van der Waals surface area contributed by atoms with E-state index in [0.717, 1.165) is 11.3 Å². The fourth-order valence-electron chi connectivity index (χ4n) is 1.68. The molecule has 0 saturated carbocycles. The van der Waals surface area contributed by atoms with Gasteiger partial charge in [0, 0.05) is 18.9 Å². The predicted molar refractivity (Wildman–Crippen MR) is 68.9 cm³/mol. The second-order valence-electron chi connectivity index (χ2n) is 3.99. The first kappa shape index (κ1) is 12.2. The van der Waals surface area contributed by atoms with Crippen molar-refractivity contribution in [1.82, 2.24) is 9.78 Å². The van der Waals surface area contributed by atoms with E-state index in [2.05, 4.69) is 10.4 Å². The van der Waals surface area contributed by atoms with Crippen molar-refractivity contribution < 1.29 is 9.53 Å². The predicted octanol–water partition coefficient (Wildman–Crippen LogP) is 1.99. The zero-order valence-corrected chi connectivity index (χ0v) is 10.6. The van der Waals surface area contributed by atoms with Crippen LogP contribution in [0.5, 0.6) is 5.88 Å². The van der Waals surface area contributed by atoms with Crippen LogP contribution in [0.3, 0.4) is 0 Å². The van der Waals surface area contributed by atoms with Crippen molar-refractivity contribution >= 4 is 11.6 Å². The van der Waals surface area contributed by atoms with E-state index in [1.54, 1.807) is 17.9 Å². The number of hydrogen-bond acceptors (Lipinski definition) is 3. The Morgan fingerprint density at radius 3 is 2.78 bits per heavy atom. The van der Waals surface area contributed by atoms with Gasteiger partial charge in [-0.25, -0.2) is 0 Å². The average Bonchev–Trinajstić information content (AvgIpc) is 2.73. The van der Waals surface area contributed by atoms with E-state index >= 15 is 0 Å². The Bertz CT molecular complexity index is 575. The molecule has 5 heteroatoms. The summed E-state index contributed by atoms with van der Waals surface area (Å²) in [5.41, 5.74) is 2.21. The maximum absolute atomic E-state index is 12.1. The molecule has 1 aromatic heterocycles. The third-order valence-electron chi connectivity index (χ3n) is 2.63. The summed E-state index contributed by atoms with van der Waals surface area (Å²) in [6.45, 7) is 1.94. The summed E-state index contributed by atoms with van der Waals surface area (Å²) in [5, 5.41) is 6.89. The van der Waals surface area contributed by atoms with E-state index in [1.807, 2.05) is 31.2 Å². The van der Waals surface area contributed by atoms with E-state index in [-0.39, 0.29) is 5.91 Å². The van der Waals surface area contributed by atoms with Gasteiger partial charge in [-0.1, -0.05) is 18.2 Å². The van der Waals surface area contributed by atoms with E-state index in [4.69, 9.17) is 4.74 Å². The fourth-order valence-corrected chi connectivity index (χ4v) is 1.68. The van der Waals surface area contributed by atoms with Gasteiger partial charge < -0.3 is 10.1 Å². The van der Waals surface area contributed by atoms with Crippen LogP contribution in [0.25, 0.3) is 0 Å². The molecular formula is C13H15N3O2. The Kier molecular flexibility index (Phi) is 3.32. The Balaban J connectivity index is 2.25. The zero-order chi connectivity index (χ0) is 13.1. The number of aryl methyl sites for hydroxylation is 2. The molecule has 0 spiro atoms. The van der Waals surface area contributed by atoms with Crippen LogP contribution in [0, 0.1) is 6.92 Å². The number of methoxy groups -OCH3 is 1. The molecule has 5 nitrogen and oxygen atoms in total. The lowest BCUT2D eigenvalue weighted by Crippen LogP contribution is -2.13. The summed E-state index contributed by atoms with van der Waals surface area (Å²) in [5.74, 6) is 0.0952. The number of nitrogens with one attached hydrogen (secondary N) is 1. The molecule has 2 aromatic rings. The molecule has 1 aromatic carbocycles. The number of anilines is 1. The molecule has 0 unspecified atom stereocenters. The first-order valence-corrected chi connectivity index (χ1v) is 5.56. The number of nitrogens with zero attached hydrogens (tertiary/aromatic N) is 2. The van der Waals surface area contributed by atoms with Crippen LogP contribution in [0.2, 0.25) is 0 Å². The molecule has 0 bridgehead atoms. The van der Waals surface area contributed by atoms with Gasteiger partial charge in [0.1, 0.15) is 5.56 Å². The first-order valence-electron chi connectivity index (χ1n) is 5.56. The largest absolute Gasteiger partial charge is 0.479 e. The highest BCUT2D eigenvalue weighted by Gasteiger charge is 2.16. The highest BCUT2D eigenvalue weighted by molar-refractivity contribution is 6.06. The van der Waals surface area contributed by atoms with Crippen molar-refractivity contribution in [3.8, 4) is 5.88 Å². The Labute approximate surface area is 105 Å². The zero-order valence-electron chi connectivity index (χ0n) is 10.6. The van der Waals surface area contributed by atoms with E-state index in [9.17, 15) is 4.79 Å². The molecule has 2 rings (SSSR count). The Hall–Kier alpha value is -2.30. The smallest absolute Gasteiger partial charge is 0.262 e. The Morgan fingerprint density at radius 2 is 2.11 bits per heavy atom. The third-order valence-corrected chi connectivity index (χ3v) is 2.63. The van der Waals surface area contributed by atoms with Crippen LogP contribution >= 0.6 is 0 Å². The number of ether oxygens (including phenoxy) is 1. The standard InChI is InChI=1S/C13H15N3O2/c1-9-6-4-5-7-11(9)14-12(17)10-8-16(2)15-13(10)18-3/h4-8H,1-3H3,(H,14,17). The molecule has 0 radical (unpaired) electrons. The van der Waals surface area contributed by atoms with Gasteiger partial charge in [0.2, 0.25) is 5.88 Å². The van der Waals surface area contributed by atoms with Gasteiger partial charge in [-0.05, 0) is 18.6 Å². The molecule has 1 heterocycles. The van der Waals surface area contributed by atoms with Crippen LogP contribution < -0.4 is 10.1 Å². The molecule has 0 aliphatic heterocycles. The highest BCUT2D eigenvalue weighted by atomic mass is 16.5. The number of carbonyl (C=O) groups excluding carboxylic acids is 1. The van der Waals surface area contributed by atoms with Crippen molar-refractivity contribution in [2.45, 2.75) is 6.92 Å². The maximum Gasteiger partial charge on any atom is 0.262 e. The van der Waals surface area contributed by atoms with E-state index < -0.39 is 0 Å². The first-order chi connectivity index (χ1) is 8.61. The quantitative estimate of drug-likeness (QED) is 0.899. The van der Waals surface area contributed by atoms with Crippen molar-refractivity contribution in [2.75, 3.05) is 12.4 Å². The second kappa shape index (κ2) is 4.91. The molecule has 18 heavy (non-hydrogen) atoms. The van der Waals surface area contributed by atoms with Gasteiger partial charge in [-0.15, -0.1) is 5.10 Å². The van der Waals surface area contributed by atoms with Crippen molar-refractivity contribution in [3.63, 3.8) is 0 Å². The van der Waals surface area contributed by atoms with Crippen molar-refractivity contribution in [1.29, 1.82) is 0 Å². The van der Waals surface area contributed by atoms with Crippen LogP contribution in [0.4, 0.5) is 5.69 Å². The van der Waals surface area contributed by atoms with Gasteiger partial charge in [0.15, 0.2) is 0 Å². The average molecular weight is 245 g/mol. The topological polar surface area (TPSA) is 56.2 Å². The summed E-state index contributed by atoms with van der Waals surface area (Å²) < 4.78 is 6.61. The summed E-state index contributed by atoms with van der Waals surface area (Å²) >= 11 is 0. The van der Waals surface area contributed by atoms with E-state index in [1.165, 1.54) is 7.11 Å². The number of rotatable bonds is 3. The molecule has 1 amide bonds. The number of amides is 1. The summed E-state index contributed by atoms with van der Waals surface area (Å²) in [6, 6.07) is 7.60. The third kappa shape index (κ3) is 2.34. The molecule has 0 fully saturated rings. The number of carbonyl (C=O) groups is 1. The molecule has 0 aliphatic carbocycles. The summed E-state index contributed by atoms with van der Waals surface area (Å²) in [7, 11) is 3.24. The second-order valence-corrected chi connectivity index (χ2v) is 3.99. The lowest BCUT2D eigenvalue weighted by molar-refractivity contribution is 0.102. The summed E-state index contributed by atoms with van der Waals surface area (Å²) in [4.78, 5) is 12.1. The van der Waals surface area contributed by atoms with Gasteiger partial charge in [0.25, 0.3) is 5.91 Å². The van der Waals surface area contributed by atoms with Crippen LogP contribution in [-0.2, 0) is 7.05 Å².